The number of anilines is 1. The lowest BCUT2D eigenvalue weighted by atomic mass is 10.2. The Morgan fingerprint density at radius 2 is 2.18 bits per heavy atom. The standard InChI is InChI=1S/C10H14N6O/c1-15-8(5-6-12-15)3-4-9(17)14-10-11-7-13-16(10)2/h5-7H,3-4H2,1-2H3,(H,11,13,14,17). The van der Waals surface area contributed by atoms with E-state index >= 15 is 0 Å². The highest BCUT2D eigenvalue weighted by molar-refractivity contribution is 5.89. The summed E-state index contributed by atoms with van der Waals surface area (Å²) in [6.07, 6.45) is 4.17. The van der Waals surface area contributed by atoms with Gasteiger partial charge in [0.2, 0.25) is 11.9 Å². The van der Waals surface area contributed by atoms with Crippen molar-refractivity contribution >= 4 is 11.9 Å². The van der Waals surface area contributed by atoms with Crippen molar-refractivity contribution in [3.05, 3.63) is 24.3 Å². The molecule has 2 rings (SSSR count). The summed E-state index contributed by atoms with van der Waals surface area (Å²) in [6, 6.07) is 1.90. The molecule has 0 fully saturated rings. The first kappa shape index (κ1) is 11.3. The normalized spacial score (nSPS) is 10.5. The molecule has 0 bridgehead atoms. The van der Waals surface area contributed by atoms with Crippen LogP contribution in [0, 0.1) is 0 Å². The average molecular weight is 234 g/mol. The summed E-state index contributed by atoms with van der Waals surface area (Å²) >= 11 is 0. The summed E-state index contributed by atoms with van der Waals surface area (Å²) < 4.78 is 3.28. The third-order valence-corrected chi connectivity index (χ3v) is 2.49. The van der Waals surface area contributed by atoms with Crippen LogP contribution in [0.2, 0.25) is 0 Å². The van der Waals surface area contributed by atoms with Crippen LogP contribution < -0.4 is 5.32 Å². The van der Waals surface area contributed by atoms with Crippen molar-refractivity contribution in [2.45, 2.75) is 12.8 Å². The second-order valence-corrected chi connectivity index (χ2v) is 3.70. The second-order valence-electron chi connectivity index (χ2n) is 3.70. The van der Waals surface area contributed by atoms with Gasteiger partial charge in [-0.2, -0.15) is 15.2 Å². The molecule has 7 nitrogen and oxygen atoms in total. The maximum Gasteiger partial charge on any atom is 0.227 e. The summed E-state index contributed by atoms with van der Waals surface area (Å²) in [7, 11) is 3.58. The lowest BCUT2D eigenvalue weighted by Crippen LogP contribution is -2.16. The summed E-state index contributed by atoms with van der Waals surface area (Å²) in [6.45, 7) is 0. The molecule has 0 spiro atoms. The maximum absolute atomic E-state index is 11.6. The third-order valence-electron chi connectivity index (χ3n) is 2.49. The maximum atomic E-state index is 11.6. The summed E-state index contributed by atoms with van der Waals surface area (Å²) in [5.41, 5.74) is 1.03. The predicted octanol–water partition coefficient (Wildman–Crippen LogP) is 0.120. The third kappa shape index (κ3) is 2.68. The van der Waals surface area contributed by atoms with Crippen LogP contribution in [-0.2, 0) is 25.3 Å². The zero-order valence-electron chi connectivity index (χ0n) is 9.79. The smallest absolute Gasteiger partial charge is 0.227 e. The van der Waals surface area contributed by atoms with E-state index in [-0.39, 0.29) is 5.91 Å². The molecule has 1 amide bonds. The van der Waals surface area contributed by atoms with Crippen LogP contribution in [-0.4, -0.2) is 30.5 Å². The number of nitrogens with zero attached hydrogens (tertiary/aromatic N) is 5. The molecule has 0 aliphatic heterocycles. The van der Waals surface area contributed by atoms with Gasteiger partial charge in [0.05, 0.1) is 0 Å². The van der Waals surface area contributed by atoms with Gasteiger partial charge in [-0.3, -0.25) is 14.8 Å². The van der Waals surface area contributed by atoms with Gasteiger partial charge in [0.1, 0.15) is 6.33 Å². The molecule has 0 aliphatic rings. The first-order valence-corrected chi connectivity index (χ1v) is 5.27. The van der Waals surface area contributed by atoms with Crippen LogP contribution in [0.5, 0.6) is 0 Å². The van der Waals surface area contributed by atoms with E-state index in [0.29, 0.717) is 18.8 Å². The average Bonchev–Trinajstić information content (AvgIpc) is 2.86. The second kappa shape index (κ2) is 4.77. The highest BCUT2D eigenvalue weighted by Gasteiger charge is 2.08. The number of aryl methyl sites for hydroxylation is 3. The fourth-order valence-electron chi connectivity index (χ4n) is 1.48. The molecule has 2 aromatic heterocycles. The van der Waals surface area contributed by atoms with Gasteiger partial charge >= 0.3 is 0 Å². The number of rotatable bonds is 4. The van der Waals surface area contributed by atoms with E-state index in [0.717, 1.165) is 5.69 Å². The first-order chi connectivity index (χ1) is 8.16. The van der Waals surface area contributed by atoms with Gasteiger partial charge in [-0.05, 0) is 12.5 Å². The van der Waals surface area contributed by atoms with E-state index in [4.69, 9.17) is 0 Å². The number of aromatic nitrogens is 5. The van der Waals surface area contributed by atoms with Gasteiger partial charge in [-0.1, -0.05) is 0 Å². The number of hydrogen-bond acceptors (Lipinski definition) is 4. The van der Waals surface area contributed by atoms with E-state index in [1.165, 1.54) is 11.0 Å². The molecule has 2 aromatic rings. The van der Waals surface area contributed by atoms with Crippen LogP contribution in [0.4, 0.5) is 5.95 Å². The van der Waals surface area contributed by atoms with Crippen LogP contribution >= 0.6 is 0 Å². The minimum absolute atomic E-state index is 0.0812. The van der Waals surface area contributed by atoms with Crippen molar-refractivity contribution in [3.63, 3.8) is 0 Å². The fraction of sp³-hybridized carbons (Fsp3) is 0.400. The molecular weight excluding hydrogens is 220 g/mol. The zero-order chi connectivity index (χ0) is 12.3. The molecule has 0 radical (unpaired) electrons. The Morgan fingerprint density at radius 3 is 2.76 bits per heavy atom. The van der Waals surface area contributed by atoms with E-state index in [9.17, 15) is 4.79 Å². The Hall–Kier alpha value is -2.18. The highest BCUT2D eigenvalue weighted by atomic mass is 16.1. The molecule has 90 valence electrons. The molecule has 0 saturated heterocycles. The van der Waals surface area contributed by atoms with E-state index < -0.39 is 0 Å². The van der Waals surface area contributed by atoms with Crippen molar-refractivity contribution in [2.24, 2.45) is 14.1 Å². The SMILES string of the molecule is Cn1nccc1CCC(=O)Nc1ncnn1C. The summed E-state index contributed by atoms with van der Waals surface area (Å²) in [5.74, 6) is 0.377. The minimum Gasteiger partial charge on any atom is -0.295 e. The highest BCUT2D eigenvalue weighted by Crippen LogP contribution is 2.03. The lowest BCUT2D eigenvalue weighted by molar-refractivity contribution is -0.116. The monoisotopic (exact) mass is 234 g/mol. The number of carbonyl (C=O) groups excluding carboxylic acids is 1. The Morgan fingerprint density at radius 1 is 1.35 bits per heavy atom. The number of carbonyl (C=O) groups is 1. The van der Waals surface area contributed by atoms with Gasteiger partial charge in [0.25, 0.3) is 0 Å². The number of hydrogen-bond donors (Lipinski definition) is 1. The van der Waals surface area contributed by atoms with Gasteiger partial charge in [0.15, 0.2) is 0 Å². The molecule has 17 heavy (non-hydrogen) atoms. The molecule has 1 N–H and O–H groups in total. The molecule has 0 aliphatic carbocycles. The largest absolute Gasteiger partial charge is 0.295 e. The molecule has 0 unspecified atom stereocenters. The van der Waals surface area contributed by atoms with Gasteiger partial charge in [0, 0.05) is 32.4 Å². The molecular formula is C10H14N6O. The van der Waals surface area contributed by atoms with Crippen molar-refractivity contribution in [1.29, 1.82) is 0 Å². The van der Waals surface area contributed by atoms with Crippen LogP contribution in [0.1, 0.15) is 12.1 Å². The molecule has 0 aromatic carbocycles. The predicted molar refractivity (Wildman–Crippen MR) is 61.2 cm³/mol. The van der Waals surface area contributed by atoms with Gasteiger partial charge in [-0.25, -0.2) is 4.68 Å². The lowest BCUT2D eigenvalue weighted by Gasteiger charge is -2.04. The topological polar surface area (TPSA) is 77.6 Å². The molecule has 0 saturated carbocycles. The van der Waals surface area contributed by atoms with Crippen molar-refractivity contribution in [1.82, 2.24) is 24.5 Å². The summed E-state index contributed by atoms with van der Waals surface area (Å²) in [4.78, 5) is 15.6. The van der Waals surface area contributed by atoms with Crippen LogP contribution in [0.3, 0.4) is 0 Å². The Labute approximate surface area is 98.5 Å². The first-order valence-electron chi connectivity index (χ1n) is 5.27. The van der Waals surface area contributed by atoms with Crippen LogP contribution in [0.25, 0.3) is 0 Å². The molecule has 0 atom stereocenters. The number of amides is 1. The zero-order valence-corrected chi connectivity index (χ0v) is 9.79. The van der Waals surface area contributed by atoms with Crippen molar-refractivity contribution in [3.8, 4) is 0 Å². The molecule has 2 heterocycles. The quantitative estimate of drug-likeness (QED) is 0.815. The van der Waals surface area contributed by atoms with Crippen molar-refractivity contribution in [2.75, 3.05) is 5.32 Å². The van der Waals surface area contributed by atoms with Crippen LogP contribution in [0.15, 0.2) is 18.6 Å². The van der Waals surface area contributed by atoms with Crippen molar-refractivity contribution < 1.29 is 4.79 Å². The Bertz CT molecular complexity index is 514. The number of nitrogens with one attached hydrogen (secondary N) is 1. The Kier molecular flexibility index (Phi) is 3.17. The minimum atomic E-state index is -0.0812. The fourth-order valence-corrected chi connectivity index (χ4v) is 1.48. The molecule has 7 heteroatoms. The van der Waals surface area contributed by atoms with E-state index in [1.807, 2.05) is 13.1 Å². The van der Waals surface area contributed by atoms with Gasteiger partial charge in [-0.15, -0.1) is 0 Å². The van der Waals surface area contributed by atoms with E-state index in [1.54, 1.807) is 17.9 Å². The van der Waals surface area contributed by atoms with E-state index in [2.05, 4.69) is 20.5 Å². The van der Waals surface area contributed by atoms with Gasteiger partial charge < -0.3 is 0 Å². The Balaban J connectivity index is 1.86. The summed E-state index contributed by atoms with van der Waals surface area (Å²) in [5, 5.41) is 10.6.